The van der Waals surface area contributed by atoms with E-state index in [9.17, 15) is 18.8 Å². The van der Waals surface area contributed by atoms with E-state index in [-0.39, 0.29) is 17.4 Å². The Labute approximate surface area is 285 Å². The van der Waals surface area contributed by atoms with E-state index < -0.39 is 17.1 Å². The number of thiazole rings is 1. The number of rotatable bonds is 12. The van der Waals surface area contributed by atoms with E-state index in [4.69, 9.17) is 9.47 Å². The highest BCUT2D eigenvalue weighted by atomic mass is 32.2. The highest BCUT2D eigenvalue weighted by molar-refractivity contribution is 8.00. The van der Waals surface area contributed by atoms with Gasteiger partial charge in [0.1, 0.15) is 23.0 Å². The number of aromatic nitrogens is 1. The number of amides is 3. The van der Waals surface area contributed by atoms with Crippen molar-refractivity contribution in [3.05, 3.63) is 125 Å². The third-order valence-corrected chi connectivity index (χ3v) is 8.77. The van der Waals surface area contributed by atoms with Crippen LogP contribution in [0.25, 0.3) is 17.3 Å². The number of hydrogen-bond acceptors (Lipinski definition) is 8. The number of methoxy groups -OCH3 is 2. The van der Waals surface area contributed by atoms with Crippen LogP contribution in [-0.4, -0.2) is 42.2 Å². The molecule has 9 nitrogen and oxygen atoms in total. The Balaban J connectivity index is 1.29. The Hall–Kier alpha value is -5.46. The van der Waals surface area contributed by atoms with Crippen LogP contribution < -0.4 is 25.4 Å². The number of carbonyl (C=O) groups is 3. The molecule has 0 saturated carbocycles. The molecular formula is C36H31FN4O5S2. The van der Waals surface area contributed by atoms with Crippen molar-refractivity contribution in [1.82, 2.24) is 10.3 Å². The number of halogens is 1. The number of nitrogens with zero attached hydrogens (tertiary/aromatic N) is 1. The molecular weight excluding hydrogens is 652 g/mol. The van der Waals surface area contributed by atoms with Crippen LogP contribution in [0.2, 0.25) is 0 Å². The summed E-state index contributed by atoms with van der Waals surface area (Å²) < 4.78 is 24.1. The quantitative estimate of drug-likeness (QED) is 0.0922. The lowest BCUT2D eigenvalue weighted by Gasteiger charge is -2.14. The zero-order valence-electron chi connectivity index (χ0n) is 26.2. The van der Waals surface area contributed by atoms with Gasteiger partial charge in [-0.15, -0.1) is 23.1 Å². The number of ether oxygens (including phenoxy) is 2. The second kappa shape index (κ2) is 15.9. The lowest BCUT2D eigenvalue weighted by molar-refractivity contribution is -0.115. The standard InChI is InChI=1S/C36H31FN4O5S2/c1-22(33(42)41-36-40-31(21-47-36)23-12-14-26(37)15-13-23)48-29-11-7-10-27(20-29)38-35(44)30(39-34(43)24-8-5-4-6-9-24)19-25-18-28(45-2)16-17-32(25)46-3/h4-22H,1-3H3,(H,38,44)(H,39,43)(H,40,41,42)/b30-19+. The van der Waals surface area contributed by atoms with Gasteiger partial charge >= 0.3 is 0 Å². The molecule has 1 aromatic heterocycles. The largest absolute Gasteiger partial charge is 0.497 e. The third kappa shape index (κ3) is 8.87. The van der Waals surface area contributed by atoms with Crippen LogP contribution >= 0.6 is 23.1 Å². The molecule has 0 spiro atoms. The molecule has 12 heteroatoms. The smallest absolute Gasteiger partial charge is 0.272 e. The molecule has 5 aromatic rings. The van der Waals surface area contributed by atoms with Gasteiger partial charge in [0, 0.05) is 32.7 Å². The van der Waals surface area contributed by atoms with Gasteiger partial charge in [-0.1, -0.05) is 24.3 Å². The Morgan fingerprint density at radius 3 is 2.40 bits per heavy atom. The van der Waals surface area contributed by atoms with Gasteiger partial charge in [0.2, 0.25) is 5.91 Å². The van der Waals surface area contributed by atoms with E-state index in [0.29, 0.717) is 39.1 Å². The van der Waals surface area contributed by atoms with E-state index >= 15 is 0 Å². The van der Waals surface area contributed by atoms with Crippen LogP contribution in [0.15, 0.2) is 113 Å². The molecule has 1 heterocycles. The Morgan fingerprint density at radius 2 is 1.67 bits per heavy atom. The van der Waals surface area contributed by atoms with Crippen molar-refractivity contribution in [2.45, 2.75) is 17.1 Å². The molecule has 0 aliphatic rings. The first kappa shape index (κ1) is 33.9. The van der Waals surface area contributed by atoms with Crippen LogP contribution in [0.5, 0.6) is 11.5 Å². The lowest BCUT2D eigenvalue weighted by atomic mass is 10.1. The maximum absolute atomic E-state index is 13.6. The van der Waals surface area contributed by atoms with Crippen molar-refractivity contribution in [1.29, 1.82) is 0 Å². The van der Waals surface area contributed by atoms with Crippen molar-refractivity contribution < 1.29 is 28.2 Å². The number of thioether (sulfide) groups is 1. The average Bonchev–Trinajstić information content (AvgIpc) is 3.57. The van der Waals surface area contributed by atoms with Crippen molar-refractivity contribution in [2.24, 2.45) is 0 Å². The van der Waals surface area contributed by atoms with E-state index in [1.54, 1.807) is 91.2 Å². The summed E-state index contributed by atoms with van der Waals surface area (Å²) in [4.78, 5) is 44.9. The van der Waals surface area contributed by atoms with Gasteiger partial charge in [-0.25, -0.2) is 9.37 Å². The molecule has 244 valence electrons. The Morgan fingerprint density at radius 1 is 0.896 bits per heavy atom. The fraction of sp³-hybridized carbons (Fsp3) is 0.111. The lowest BCUT2D eigenvalue weighted by Crippen LogP contribution is -2.30. The molecule has 4 aromatic carbocycles. The molecule has 3 N–H and O–H groups in total. The first-order chi connectivity index (χ1) is 23.2. The molecule has 48 heavy (non-hydrogen) atoms. The highest BCUT2D eigenvalue weighted by Crippen LogP contribution is 2.30. The predicted octanol–water partition coefficient (Wildman–Crippen LogP) is 7.50. The second-order valence-corrected chi connectivity index (χ2v) is 12.5. The van der Waals surface area contributed by atoms with E-state index in [1.807, 2.05) is 6.07 Å². The van der Waals surface area contributed by atoms with Gasteiger partial charge in [-0.3, -0.25) is 14.4 Å². The maximum Gasteiger partial charge on any atom is 0.272 e. The number of nitrogens with one attached hydrogen (secondary N) is 3. The number of anilines is 2. The summed E-state index contributed by atoms with van der Waals surface area (Å²) in [6.07, 6.45) is 1.52. The second-order valence-electron chi connectivity index (χ2n) is 10.3. The zero-order valence-corrected chi connectivity index (χ0v) is 27.8. The maximum atomic E-state index is 13.6. The number of hydrogen-bond donors (Lipinski definition) is 3. The van der Waals surface area contributed by atoms with Gasteiger partial charge in [-0.05, 0) is 85.8 Å². The first-order valence-corrected chi connectivity index (χ1v) is 16.4. The van der Waals surface area contributed by atoms with Crippen LogP contribution in [-0.2, 0) is 9.59 Å². The van der Waals surface area contributed by atoms with E-state index in [2.05, 4.69) is 20.9 Å². The molecule has 3 amide bonds. The van der Waals surface area contributed by atoms with Crippen molar-refractivity contribution in [2.75, 3.05) is 24.9 Å². The Kier molecular flexibility index (Phi) is 11.2. The van der Waals surface area contributed by atoms with Crippen LogP contribution in [0, 0.1) is 5.82 Å². The van der Waals surface area contributed by atoms with Gasteiger partial charge in [0.25, 0.3) is 11.8 Å². The summed E-state index contributed by atoms with van der Waals surface area (Å²) in [6, 6.07) is 26.7. The average molecular weight is 683 g/mol. The van der Waals surface area contributed by atoms with Crippen molar-refractivity contribution >= 4 is 57.7 Å². The summed E-state index contributed by atoms with van der Waals surface area (Å²) >= 11 is 2.58. The number of benzene rings is 4. The van der Waals surface area contributed by atoms with Gasteiger partial charge in [0.15, 0.2) is 5.13 Å². The predicted molar refractivity (Wildman–Crippen MR) is 188 cm³/mol. The van der Waals surface area contributed by atoms with Gasteiger partial charge < -0.3 is 25.4 Å². The highest BCUT2D eigenvalue weighted by Gasteiger charge is 2.19. The zero-order chi connectivity index (χ0) is 34.0. The molecule has 0 bridgehead atoms. The van der Waals surface area contributed by atoms with Crippen LogP contribution in [0.1, 0.15) is 22.8 Å². The molecule has 5 rings (SSSR count). The molecule has 1 atom stereocenters. The summed E-state index contributed by atoms with van der Waals surface area (Å²) in [5.41, 5.74) is 2.71. The summed E-state index contributed by atoms with van der Waals surface area (Å²) in [7, 11) is 3.04. The fourth-order valence-electron chi connectivity index (χ4n) is 4.44. The molecule has 0 aliphatic carbocycles. The topological polar surface area (TPSA) is 119 Å². The molecule has 0 radical (unpaired) electrons. The van der Waals surface area contributed by atoms with Crippen molar-refractivity contribution in [3.8, 4) is 22.8 Å². The SMILES string of the molecule is COc1ccc(OC)c(/C=C(/NC(=O)c2ccccc2)C(=O)Nc2cccc(SC(C)C(=O)Nc3nc(-c4ccc(F)cc4)cs3)c2)c1. The molecule has 0 fully saturated rings. The molecule has 0 aliphatic heterocycles. The normalized spacial score (nSPS) is 11.7. The minimum Gasteiger partial charge on any atom is -0.497 e. The van der Waals surface area contributed by atoms with E-state index in [0.717, 1.165) is 10.5 Å². The van der Waals surface area contributed by atoms with Crippen molar-refractivity contribution in [3.63, 3.8) is 0 Å². The van der Waals surface area contributed by atoms with Crippen LogP contribution in [0.3, 0.4) is 0 Å². The van der Waals surface area contributed by atoms with Crippen LogP contribution in [0.4, 0.5) is 15.2 Å². The Bertz CT molecular complexity index is 1950. The molecule has 0 saturated heterocycles. The minimum atomic E-state index is -0.571. The third-order valence-electron chi connectivity index (χ3n) is 6.91. The summed E-state index contributed by atoms with van der Waals surface area (Å²) in [5.74, 6) is -0.605. The van der Waals surface area contributed by atoms with Gasteiger partial charge in [0.05, 0.1) is 25.2 Å². The number of carbonyl (C=O) groups excluding carboxylic acids is 3. The minimum absolute atomic E-state index is 0.0235. The van der Waals surface area contributed by atoms with E-state index in [1.165, 1.54) is 55.5 Å². The first-order valence-electron chi connectivity index (χ1n) is 14.6. The molecule has 1 unspecified atom stereocenters. The summed E-state index contributed by atoms with van der Waals surface area (Å²) in [5, 5.41) is 10.1. The summed E-state index contributed by atoms with van der Waals surface area (Å²) in [6.45, 7) is 1.77. The monoisotopic (exact) mass is 682 g/mol. The fourth-order valence-corrected chi connectivity index (χ4v) is 6.09. The van der Waals surface area contributed by atoms with Gasteiger partial charge in [-0.2, -0.15) is 0 Å².